The summed E-state index contributed by atoms with van der Waals surface area (Å²) in [6.07, 6.45) is 0. The molecule has 0 saturated heterocycles. The lowest BCUT2D eigenvalue weighted by atomic mass is 10.1. The van der Waals surface area contributed by atoms with Gasteiger partial charge in [-0.25, -0.2) is 0 Å². The molecule has 0 amide bonds. The average molecular weight is 275 g/mol. The number of likely N-dealkylation sites (N-methyl/N-ethyl adjacent to an activating group) is 1. The number of hydrogen-bond donors (Lipinski definition) is 2. The van der Waals surface area contributed by atoms with Gasteiger partial charge in [0, 0.05) is 23.7 Å². The molecule has 1 unspecified atom stereocenters. The van der Waals surface area contributed by atoms with Gasteiger partial charge < -0.3 is 16.0 Å². The molecule has 3 N–H and O–H groups in total. The molecule has 0 aliphatic heterocycles. The molecule has 3 nitrogen and oxygen atoms in total. The minimum absolute atomic E-state index is 0.407. The Morgan fingerprint density at radius 3 is 2.63 bits per heavy atom. The molecule has 1 aromatic carbocycles. The number of para-hydroxylation sites is 1. The lowest BCUT2D eigenvalue weighted by Crippen LogP contribution is -2.30. The monoisotopic (exact) mass is 275 g/mol. The van der Waals surface area contributed by atoms with Crippen molar-refractivity contribution in [2.75, 3.05) is 26.4 Å². The summed E-state index contributed by atoms with van der Waals surface area (Å²) in [6, 6.07) is 12.7. The molecular formula is C15H21N3S. The zero-order valence-electron chi connectivity index (χ0n) is 11.5. The van der Waals surface area contributed by atoms with Crippen molar-refractivity contribution in [3.63, 3.8) is 0 Å². The van der Waals surface area contributed by atoms with E-state index in [9.17, 15) is 0 Å². The van der Waals surface area contributed by atoms with Crippen LogP contribution in [0.2, 0.25) is 0 Å². The van der Waals surface area contributed by atoms with E-state index in [1.54, 1.807) is 11.3 Å². The predicted molar refractivity (Wildman–Crippen MR) is 83.3 cm³/mol. The van der Waals surface area contributed by atoms with E-state index in [2.05, 4.69) is 47.9 Å². The van der Waals surface area contributed by atoms with E-state index in [1.807, 2.05) is 18.2 Å². The molecule has 0 spiro atoms. The summed E-state index contributed by atoms with van der Waals surface area (Å²) in [7, 11) is 4.23. The van der Waals surface area contributed by atoms with Crippen LogP contribution >= 0.6 is 11.3 Å². The highest BCUT2D eigenvalue weighted by molar-refractivity contribution is 7.10. The number of hydrogen-bond acceptors (Lipinski definition) is 4. The molecule has 0 aliphatic rings. The number of anilines is 1. The van der Waals surface area contributed by atoms with Gasteiger partial charge in [0.1, 0.15) is 0 Å². The fraction of sp³-hybridized carbons (Fsp3) is 0.333. The molecule has 0 aliphatic carbocycles. The maximum Gasteiger partial charge on any atom is 0.0561 e. The SMILES string of the molecule is CN(C)C(CNCc1ccccc1N)c1cccs1. The quantitative estimate of drug-likeness (QED) is 0.797. The van der Waals surface area contributed by atoms with Crippen molar-refractivity contribution in [1.82, 2.24) is 10.2 Å². The average Bonchev–Trinajstić information content (AvgIpc) is 2.89. The Labute approximate surface area is 119 Å². The van der Waals surface area contributed by atoms with Crippen molar-refractivity contribution in [2.24, 2.45) is 0 Å². The van der Waals surface area contributed by atoms with Crippen LogP contribution in [0.15, 0.2) is 41.8 Å². The van der Waals surface area contributed by atoms with E-state index in [1.165, 1.54) is 4.88 Å². The molecule has 102 valence electrons. The molecule has 19 heavy (non-hydrogen) atoms. The first-order valence-electron chi connectivity index (χ1n) is 6.42. The molecule has 0 bridgehead atoms. The molecule has 4 heteroatoms. The Balaban J connectivity index is 1.92. The summed E-state index contributed by atoms with van der Waals surface area (Å²) in [5.74, 6) is 0. The van der Waals surface area contributed by atoms with Crippen molar-refractivity contribution < 1.29 is 0 Å². The van der Waals surface area contributed by atoms with E-state index < -0.39 is 0 Å². The second kappa shape index (κ2) is 6.70. The van der Waals surface area contributed by atoms with Crippen LogP contribution in [0, 0.1) is 0 Å². The summed E-state index contributed by atoms with van der Waals surface area (Å²) in [6.45, 7) is 1.73. The molecule has 0 fully saturated rings. The second-order valence-corrected chi connectivity index (χ2v) is 5.80. The van der Waals surface area contributed by atoms with Crippen molar-refractivity contribution in [2.45, 2.75) is 12.6 Å². The van der Waals surface area contributed by atoms with Gasteiger partial charge in [-0.3, -0.25) is 0 Å². The van der Waals surface area contributed by atoms with E-state index in [0.29, 0.717) is 6.04 Å². The molecule has 1 aromatic heterocycles. The van der Waals surface area contributed by atoms with Crippen molar-refractivity contribution in [3.05, 3.63) is 52.2 Å². The second-order valence-electron chi connectivity index (χ2n) is 4.82. The van der Waals surface area contributed by atoms with E-state index in [0.717, 1.165) is 24.3 Å². The highest BCUT2D eigenvalue weighted by Gasteiger charge is 2.14. The minimum atomic E-state index is 0.407. The molecule has 0 radical (unpaired) electrons. The van der Waals surface area contributed by atoms with Gasteiger partial charge in [-0.05, 0) is 37.2 Å². The number of rotatable bonds is 6. The van der Waals surface area contributed by atoms with Crippen LogP contribution in [0.4, 0.5) is 5.69 Å². The van der Waals surface area contributed by atoms with E-state index in [-0.39, 0.29) is 0 Å². The number of nitrogen functional groups attached to an aromatic ring is 1. The molecular weight excluding hydrogens is 254 g/mol. The Morgan fingerprint density at radius 1 is 1.21 bits per heavy atom. The summed E-state index contributed by atoms with van der Waals surface area (Å²) in [4.78, 5) is 3.63. The van der Waals surface area contributed by atoms with Crippen LogP contribution in [-0.2, 0) is 6.54 Å². The third-order valence-electron chi connectivity index (χ3n) is 3.20. The lowest BCUT2D eigenvalue weighted by Gasteiger charge is -2.23. The third-order valence-corrected chi connectivity index (χ3v) is 4.18. The van der Waals surface area contributed by atoms with Crippen molar-refractivity contribution >= 4 is 17.0 Å². The summed E-state index contributed by atoms with van der Waals surface area (Å²) in [5, 5.41) is 5.62. The van der Waals surface area contributed by atoms with Crippen molar-refractivity contribution in [3.8, 4) is 0 Å². The van der Waals surface area contributed by atoms with Gasteiger partial charge in [-0.1, -0.05) is 24.3 Å². The van der Waals surface area contributed by atoms with Crippen LogP contribution in [0.1, 0.15) is 16.5 Å². The molecule has 2 rings (SSSR count). The molecule has 1 heterocycles. The predicted octanol–water partition coefficient (Wildman–Crippen LogP) is 2.72. The van der Waals surface area contributed by atoms with Gasteiger partial charge in [0.2, 0.25) is 0 Å². The fourth-order valence-corrected chi connectivity index (χ4v) is 2.98. The standard InChI is InChI=1S/C15H21N3S/c1-18(2)14(15-8-5-9-19-15)11-17-10-12-6-3-4-7-13(12)16/h3-9,14,17H,10-11,16H2,1-2H3. The summed E-state index contributed by atoms with van der Waals surface area (Å²) >= 11 is 1.80. The number of nitrogens with zero attached hydrogens (tertiary/aromatic N) is 1. The first-order chi connectivity index (χ1) is 9.18. The highest BCUT2D eigenvalue weighted by Crippen LogP contribution is 2.22. The number of nitrogens with two attached hydrogens (primary N) is 1. The zero-order valence-corrected chi connectivity index (χ0v) is 12.3. The van der Waals surface area contributed by atoms with E-state index in [4.69, 9.17) is 5.73 Å². The van der Waals surface area contributed by atoms with Crippen LogP contribution in [0.25, 0.3) is 0 Å². The van der Waals surface area contributed by atoms with Gasteiger partial charge in [0.05, 0.1) is 6.04 Å². The Bertz CT molecular complexity index is 494. The number of benzene rings is 1. The lowest BCUT2D eigenvalue weighted by molar-refractivity contribution is 0.292. The summed E-state index contributed by atoms with van der Waals surface area (Å²) in [5.41, 5.74) is 7.96. The van der Waals surface area contributed by atoms with Gasteiger partial charge in [0.15, 0.2) is 0 Å². The third kappa shape index (κ3) is 3.80. The Hall–Kier alpha value is -1.36. The first-order valence-corrected chi connectivity index (χ1v) is 7.30. The number of nitrogens with one attached hydrogen (secondary N) is 1. The fourth-order valence-electron chi connectivity index (χ4n) is 2.06. The summed E-state index contributed by atoms with van der Waals surface area (Å²) < 4.78 is 0. The molecule has 0 saturated carbocycles. The van der Waals surface area contributed by atoms with Crippen molar-refractivity contribution in [1.29, 1.82) is 0 Å². The van der Waals surface area contributed by atoms with Gasteiger partial charge in [-0.2, -0.15) is 0 Å². The maximum absolute atomic E-state index is 5.94. The van der Waals surface area contributed by atoms with Crippen LogP contribution < -0.4 is 11.1 Å². The van der Waals surface area contributed by atoms with Gasteiger partial charge in [0.25, 0.3) is 0 Å². The van der Waals surface area contributed by atoms with Gasteiger partial charge in [-0.15, -0.1) is 11.3 Å². The normalized spacial score (nSPS) is 12.8. The molecule has 1 atom stereocenters. The topological polar surface area (TPSA) is 41.3 Å². The Kier molecular flexibility index (Phi) is 4.96. The van der Waals surface area contributed by atoms with E-state index >= 15 is 0 Å². The maximum atomic E-state index is 5.94. The largest absolute Gasteiger partial charge is 0.398 e. The van der Waals surface area contributed by atoms with Gasteiger partial charge >= 0.3 is 0 Å². The van der Waals surface area contributed by atoms with Crippen LogP contribution in [0.3, 0.4) is 0 Å². The Morgan fingerprint density at radius 2 is 2.00 bits per heavy atom. The molecule has 2 aromatic rings. The highest BCUT2D eigenvalue weighted by atomic mass is 32.1. The minimum Gasteiger partial charge on any atom is -0.398 e. The van der Waals surface area contributed by atoms with Crippen LogP contribution in [-0.4, -0.2) is 25.5 Å². The zero-order chi connectivity index (χ0) is 13.7. The number of thiophene rings is 1. The smallest absolute Gasteiger partial charge is 0.0561 e. The van der Waals surface area contributed by atoms with Crippen LogP contribution in [0.5, 0.6) is 0 Å². The first kappa shape index (κ1) is 14.1.